The van der Waals surface area contributed by atoms with Crippen molar-refractivity contribution in [3.8, 4) is 0 Å². The van der Waals surface area contributed by atoms with E-state index in [1.165, 1.54) is 0 Å². The van der Waals surface area contributed by atoms with Crippen LogP contribution < -0.4 is 0 Å². The molecule has 6 nitrogen and oxygen atoms in total. The van der Waals surface area contributed by atoms with Crippen molar-refractivity contribution < 1.29 is 19.8 Å². The Bertz CT molecular complexity index is 353. The van der Waals surface area contributed by atoms with Crippen molar-refractivity contribution in [1.82, 2.24) is 9.80 Å². The summed E-state index contributed by atoms with van der Waals surface area (Å²) in [7, 11) is 0. The van der Waals surface area contributed by atoms with Crippen molar-refractivity contribution in [3.63, 3.8) is 0 Å². The normalized spacial score (nSPS) is 27.6. The van der Waals surface area contributed by atoms with Crippen LogP contribution in [0.3, 0.4) is 0 Å². The van der Waals surface area contributed by atoms with Gasteiger partial charge in [-0.05, 0) is 6.42 Å². The van der Waals surface area contributed by atoms with E-state index in [-0.39, 0.29) is 31.0 Å². The summed E-state index contributed by atoms with van der Waals surface area (Å²) in [5.74, 6) is 0.857. The number of nitrogens with zero attached hydrogens (tertiary/aromatic N) is 2. The largest absolute Gasteiger partial charge is 0.481 e. The second-order valence-electron chi connectivity index (χ2n) is 5.09. The first-order chi connectivity index (χ1) is 9.11. The Balaban J connectivity index is 1.97. The number of rotatable bonds is 3. The van der Waals surface area contributed by atoms with Crippen molar-refractivity contribution in [2.24, 2.45) is 5.92 Å². The van der Waals surface area contributed by atoms with Crippen LogP contribution in [0.25, 0.3) is 0 Å². The Labute approximate surface area is 116 Å². The van der Waals surface area contributed by atoms with Gasteiger partial charge in [-0.3, -0.25) is 4.79 Å². The van der Waals surface area contributed by atoms with Gasteiger partial charge >= 0.3 is 12.0 Å². The first-order valence-corrected chi connectivity index (χ1v) is 7.73. The molecule has 0 aromatic carbocycles. The van der Waals surface area contributed by atoms with Crippen LogP contribution in [0.1, 0.15) is 12.8 Å². The number of carboxylic acids is 1. The molecule has 2 aliphatic heterocycles. The first kappa shape index (κ1) is 14.5. The highest BCUT2D eigenvalue weighted by atomic mass is 32.2. The molecule has 7 heteroatoms. The summed E-state index contributed by atoms with van der Waals surface area (Å²) >= 11 is 1.70. The number of carbonyl (C=O) groups is 2. The van der Waals surface area contributed by atoms with Gasteiger partial charge in [0.15, 0.2) is 0 Å². The highest BCUT2D eigenvalue weighted by Crippen LogP contribution is 2.23. The molecule has 2 rings (SSSR count). The van der Waals surface area contributed by atoms with Crippen LogP contribution >= 0.6 is 11.8 Å². The number of hydrogen-bond acceptors (Lipinski definition) is 4. The first-order valence-electron chi connectivity index (χ1n) is 6.57. The number of likely N-dealkylation sites (tertiary alicyclic amines) is 1. The van der Waals surface area contributed by atoms with Crippen LogP contribution in [0.15, 0.2) is 0 Å². The molecule has 19 heavy (non-hydrogen) atoms. The molecule has 2 saturated heterocycles. The zero-order valence-corrected chi connectivity index (χ0v) is 11.6. The van der Waals surface area contributed by atoms with Gasteiger partial charge in [0.1, 0.15) is 0 Å². The monoisotopic (exact) mass is 288 g/mol. The fourth-order valence-electron chi connectivity index (χ4n) is 2.61. The zero-order valence-electron chi connectivity index (χ0n) is 10.8. The van der Waals surface area contributed by atoms with Crippen molar-refractivity contribution >= 4 is 23.8 Å². The second-order valence-corrected chi connectivity index (χ2v) is 6.24. The van der Waals surface area contributed by atoms with Gasteiger partial charge in [0.25, 0.3) is 0 Å². The van der Waals surface area contributed by atoms with Crippen LogP contribution in [-0.2, 0) is 4.79 Å². The van der Waals surface area contributed by atoms with Crippen LogP contribution in [0.4, 0.5) is 4.79 Å². The van der Waals surface area contributed by atoms with E-state index in [1.54, 1.807) is 21.6 Å². The van der Waals surface area contributed by atoms with E-state index in [2.05, 4.69) is 0 Å². The maximum atomic E-state index is 12.4. The Morgan fingerprint density at radius 3 is 2.74 bits per heavy atom. The van der Waals surface area contributed by atoms with Crippen LogP contribution in [0.5, 0.6) is 0 Å². The molecule has 2 unspecified atom stereocenters. The number of aliphatic hydroxyl groups excluding tert-OH is 1. The third-order valence-electron chi connectivity index (χ3n) is 3.70. The number of thioether (sulfide) groups is 1. The standard InChI is InChI=1S/C12H20N2O4S/c15-7-9-1-2-13(6-9)12(18)14-3-4-19-8-10(14)5-11(16)17/h9-10,15H,1-8H2,(H,16,17). The Kier molecular flexibility index (Phi) is 4.93. The number of aliphatic carboxylic acids is 1. The van der Waals surface area contributed by atoms with Crippen molar-refractivity contribution in [2.45, 2.75) is 18.9 Å². The molecule has 108 valence electrons. The van der Waals surface area contributed by atoms with Crippen molar-refractivity contribution in [1.29, 1.82) is 0 Å². The molecule has 0 aromatic heterocycles. The van der Waals surface area contributed by atoms with Crippen LogP contribution in [0.2, 0.25) is 0 Å². The van der Waals surface area contributed by atoms with Gasteiger partial charge in [-0.25, -0.2) is 4.79 Å². The summed E-state index contributed by atoms with van der Waals surface area (Å²) in [4.78, 5) is 26.7. The molecule has 0 bridgehead atoms. The van der Waals surface area contributed by atoms with Crippen molar-refractivity contribution in [3.05, 3.63) is 0 Å². The summed E-state index contributed by atoms with van der Waals surface area (Å²) in [6.45, 7) is 1.96. The fraction of sp³-hybridized carbons (Fsp3) is 0.833. The summed E-state index contributed by atoms with van der Waals surface area (Å²) in [6, 6.07) is -0.278. The second kappa shape index (κ2) is 6.47. The van der Waals surface area contributed by atoms with Gasteiger partial charge in [0.2, 0.25) is 0 Å². The molecule has 2 amide bonds. The summed E-state index contributed by atoms with van der Waals surface area (Å²) < 4.78 is 0. The lowest BCUT2D eigenvalue weighted by Crippen LogP contribution is -2.52. The Morgan fingerprint density at radius 2 is 2.11 bits per heavy atom. The number of carbonyl (C=O) groups excluding carboxylic acids is 1. The maximum Gasteiger partial charge on any atom is 0.320 e. The maximum absolute atomic E-state index is 12.4. The zero-order chi connectivity index (χ0) is 13.8. The summed E-state index contributed by atoms with van der Waals surface area (Å²) in [6.07, 6.45) is 0.838. The van der Waals surface area contributed by atoms with Gasteiger partial charge in [-0.1, -0.05) is 0 Å². The topological polar surface area (TPSA) is 81.1 Å². The lowest BCUT2D eigenvalue weighted by atomic mass is 10.1. The number of urea groups is 1. The van der Waals surface area contributed by atoms with Gasteiger partial charge in [0.05, 0.1) is 12.5 Å². The van der Waals surface area contributed by atoms with Gasteiger partial charge < -0.3 is 20.0 Å². The van der Waals surface area contributed by atoms with E-state index in [4.69, 9.17) is 10.2 Å². The average Bonchev–Trinajstić information content (AvgIpc) is 2.86. The molecule has 0 saturated carbocycles. The van der Waals surface area contributed by atoms with E-state index >= 15 is 0 Å². The minimum atomic E-state index is -0.861. The van der Waals surface area contributed by atoms with Crippen molar-refractivity contribution in [2.75, 3.05) is 37.7 Å². The van der Waals surface area contributed by atoms with E-state index in [9.17, 15) is 9.59 Å². The summed E-state index contributed by atoms with van der Waals surface area (Å²) in [5.41, 5.74) is 0. The fourth-order valence-corrected chi connectivity index (χ4v) is 3.68. The lowest BCUT2D eigenvalue weighted by Gasteiger charge is -2.37. The third-order valence-corrected chi connectivity index (χ3v) is 4.79. The Hall–Kier alpha value is -0.950. The molecule has 2 N–H and O–H groups in total. The van der Waals surface area contributed by atoms with E-state index in [0.29, 0.717) is 25.4 Å². The third kappa shape index (κ3) is 3.54. The molecule has 2 aliphatic rings. The number of amides is 2. The smallest absolute Gasteiger partial charge is 0.320 e. The molecule has 0 radical (unpaired) electrons. The Morgan fingerprint density at radius 1 is 1.32 bits per heavy atom. The summed E-state index contributed by atoms with van der Waals surface area (Å²) in [5, 5.41) is 18.0. The van der Waals surface area contributed by atoms with Gasteiger partial charge in [-0.2, -0.15) is 11.8 Å². The molecule has 2 fully saturated rings. The van der Waals surface area contributed by atoms with E-state index < -0.39 is 5.97 Å². The molecular weight excluding hydrogens is 268 g/mol. The number of aliphatic hydroxyl groups is 1. The van der Waals surface area contributed by atoms with Crippen LogP contribution in [-0.4, -0.2) is 75.8 Å². The number of carboxylic acid groups (broad SMARTS) is 1. The van der Waals surface area contributed by atoms with Gasteiger partial charge in [0, 0.05) is 43.7 Å². The minimum Gasteiger partial charge on any atom is -0.481 e. The minimum absolute atomic E-state index is 0.00993. The van der Waals surface area contributed by atoms with E-state index in [0.717, 1.165) is 12.2 Å². The lowest BCUT2D eigenvalue weighted by molar-refractivity contribution is -0.138. The van der Waals surface area contributed by atoms with E-state index in [1.807, 2.05) is 0 Å². The molecule has 0 aromatic rings. The molecule has 0 aliphatic carbocycles. The number of hydrogen-bond donors (Lipinski definition) is 2. The highest BCUT2D eigenvalue weighted by Gasteiger charge is 2.34. The predicted molar refractivity (Wildman–Crippen MR) is 72.2 cm³/mol. The highest BCUT2D eigenvalue weighted by molar-refractivity contribution is 7.99. The average molecular weight is 288 g/mol. The SMILES string of the molecule is O=C(O)CC1CSCCN1C(=O)N1CCC(CO)C1. The molecule has 0 spiro atoms. The van der Waals surface area contributed by atoms with Crippen LogP contribution in [0, 0.1) is 5.92 Å². The molecule has 2 atom stereocenters. The van der Waals surface area contributed by atoms with Gasteiger partial charge in [-0.15, -0.1) is 0 Å². The quantitative estimate of drug-likeness (QED) is 0.781. The predicted octanol–water partition coefficient (Wildman–Crippen LogP) is 0.313. The molecular formula is C12H20N2O4S. The molecule has 2 heterocycles.